The van der Waals surface area contributed by atoms with Crippen molar-refractivity contribution < 1.29 is 19.4 Å². The van der Waals surface area contributed by atoms with Crippen LogP contribution >= 0.6 is 11.8 Å². The molecule has 5 nitrogen and oxygen atoms in total. The van der Waals surface area contributed by atoms with Crippen LogP contribution in [0.25, 0.3) is 11.1 Å². The molecule has 0 aliphatic carbocycles. The van der Waals surface area contributed by atoms with Gasteiger partial charge in [0, 0.05) is 5.56 Å². The van der Waals surface area contributed by atoms with Crippen LogP contribution in [-0.2, 0) is 16.1 Å². The van der Waals surface area contributed by atoms with Gasteiger partial charge in [0.25, 0.3) is 5.91 Å². The molecule has 3 rings (SSSR count). The van der Waals surface area contributed by atoms with Crippen molar-refractivity contribution in [1.29, 1.82) is 0 Å². The number of carboxylic acids is 1. The van der Waals surface area contributed by atoms with Gasteiger partial charge in [0.05, 0.1) is 12.7 Å². The maximum absolute atomic E-state index is 13.3. The molecule has 6 heteroatoms. The van der Waals surface area contributed by atoms with E-state index in [1.165, 1.54) is 0 Å². The molecule has 0 aromatic heterocycles. The van der Waals surface area contributed by atoms with E-state index in [2.05, 4.69) is 24.4 Å². The Morgan fingerprint density at radius 1 is 0.973 bits per heavy atom. The molecule has 0 aliphatic heterocycles. The molecular formula is C31H37NO4S. The minimum Gasteiger partial charge on any atom is -0.480 e. The molecule has 0 saturated carbocycles. The number of hydrogen-bond donors (Lipinski definition) is 2. The third kappa shape index (κ3) is 8.20. The van der Waals surface area contributed by atoms with Crippen molar-refractivity contribution in [2.24, 2.45) is 0 Å². The Bertz CT molecular complexity index is 1160. The van der Waals surface area contributed by atoms with Crippen molar-refractivity contribution >= 4 is 23.6 Å². The number of rotatable bonds is 14. The van der Waals surface area contributed by atoms with Crippen LogP contribution in [0.1, 0.15) is 65.8 Å². The lowest BCUT2D eigenvalue weighted by Crippen LogP contribution is -2.41. The van der Waals surface area contributed by atoms with E-state index < -0.39 is 12.0 Å². The maximum Gasteiger partial charge on any atom is 0.326 e. The molecule has 0 spiro atoms. The van der Waals surface area contributed by atoms with Crippen LogP contribution < -0.4 is 5.32 Å². The summed E-state index contributed by atoms with van der Waals surface area (Å²) >= 11 is 1.56. The number of carbonyl (C=O) groups is 2. The number of ether oxygens (including phenoxy) is 1. The van der Waals surface area contributed by atoms with Gasteiger partial charge in [0.1, 0.15) is 6.04 Å². The van der Waals surface area contributed by atoms with Crippen molar-refractivity contribution in [2.45, 2.75) is 58.3 Å². The Morgan fingerprint density at radius 3 is 2.38 bits per heavy atom. The van der Waals surface area contributed by atoms with E-state index in [0.29, 0.717) is 24.3 Å². The predicted molar refractivity (Wildman–Crippen MR) is 152 cm³/mol. The van der Waals surface area contributed by atoms with E-state index in [-0.39, 0.29) is 12.0 Å². The summed E-state index contributed by atoms with van der Waals surface area (Å²) in [6.07, 6.45) is 5.41. The van der Waals surface area contributed by atoms with Gasteiger partial charge in [-0.1, -0.05) is 80.4 Å². The molecule has 1 amide bonds. The molecule has 0 bridgehead atoms. The van der Waals surface area contributed by atoms with Crippen LogP contribution in [0.4, 0.5) is 0 Å². The van der Waals surface area contributed by atoms with Crippen LogP contribution in [-0.4, -0.2) is 35.0 Å². The number of nitrogens with one attached hydrogen (secondary N) is 1. The number of amides is 1. The van der Waals surface area contributed by atoms with Crippen LogP contribution in [0.15, 0.2) is 72.8 Å². The minimum atomic E-state index is -1.02. The largest absolute Gasteiger partial charge is 0.480 e. The van der Waals surface area contributed by atoms with E-state index in [0.717, 1.165) is 47.1 Å². The fourth-order valence-corrected chi connectivity index (χ4v) is 4.78. The van der Waals surface area contributed by atoms with E-state index in [1.54, 1.807) is 17.8 Å². The average molecular weight is 520 g/mol. The highest BCUT2D eigenvalue weighted by Gasteiger charge is 2.23. The minimum absolute atomic E-state index is 0.00111. The molecule has 0 radical (unpaired) electrons. The van der Waals surface area contributed by atoms with Crippen LogP contribution in [0, 0.1) is 6.92 Å². The number of carboxylic acid groups (broad SMARTS) is 1. The molecule has 3 aromatic carbocycles. The number of hydrogen-bond acceptors (Lipinski definition) is 4. The van der Waals surface area contributed by atoms with Gasteiger partial charge in [-0.05, 0) is 71.7 Å². The maximum atomic E-state index is 13.3. The summed E-state index contributed by atoms with van der Waals surface area (Å²) in [5.41, 5.74) is 5.34. The molecule has 0 saturated heterocycles. The Morgan fingerprint density at radius 2 is 1.70 bits per heavy atom. The zero-order chi connectivity index (χ0) is 26.6. The molecule has 37 heavy (non-hydrogen) atoms. The first-order chi connectivity index (χ1) is 17.9. The summed E-state index contributed by atoms with van der Waals surface area (Å²) in [5, 5.41) is 12.3. The third-order valence-corrected chi connectivity index (χ3v) is 7.06. The van der Waals surface area contributed by atoms with Gasteiger partial charge in [-0.2, -0.15) is 11.8 Å². The lowest BCUT2D eigenvalue weighted by molar-refractivity contribution is -0.139. The van der Waals surface area contributed by atoms with Crippen molar-refractivity contribution in [3.05, 3.63) is 95.1 Å². The molecule has 0 aliphatic rings. The molecule has 0 heterocycles. The van der Waals surface area contributed by atoms with E-state index in [4.69, 9.17) is 4.74 Å². The highest BCUT2D eigenvalue weighted by atomic mass is 32.2. The number of thioether (sulfide) groups is 1. The van der Waals surface area contributed by atoms with Crippen LogP contribution in [0.3, 0.4) is 0 Å². The second-order valence-corrected chi connectivity index (χ2v) is 10.2. The molecule has 2 atom stereocenters. The zero-order valence-corrected chi connectivity index (χ0v) is 22.7. The van der Waals surface area contributed by atoms with Gasteiger partial charge in [-0.15, -0.1) is 0 Å². The Balaban J connectivity index is 1.89. The number of aliphatic carboxylic acids is 1. The summed E-state index contributed by atoms with van der Waals surface area (Å²) in [5.74, 6) is -0.757. The lowest BCUT2D eigenvalue weighted by Gasteiger charge is -2.20. The van der Waals surface area contributed by atoms with Gasteiger partial charge < -0.3 is 15.2 Å². The standard InChI is InChI=1S/C31H37NO4S/c1-4-5-15-29(24-12-7-6-8-13-24)36-21-23-16-17-26(27(20-23)25-14-10-9-11-22(25)2)30(33)32-28(31(34)35)18-19-37-3/h6-14,16-17,20,28-29H,4-5,15,18-19,21H2,1-3H3,(H,32,33)(H,34,35). The summed E-state index contributed by atoms with van der Waals surface area (Å²) in [7, 11) is 0. The Labute approximate surface area is 224 Å². The van der Waals surface area contributed by atoms with Crippen LogP contribution in [0.2, 0.25) is 0 Å². The second-order valence-electron chi connectivity index (χ2n) is 9.19. The number of aryl methyl sites for hydroxylation is 1. The zero-order valence-electron chi connectivity index (χ0n) is 21.9. The van der Waals surface area contributed by atoms with Gasteiger partial charge in [0.2, 0.25) is 0 Å². The fourth-order valence-electron chi connectivity index (χ4n) is 4.31. The van der Waals surface area contributed by atoms with Gasteiger partial charge in [-0.25, -0.2) is 4.79 Å². The first-order valence-electron chi connectivity index (χ1n) is 12.8. The normalized spacial score (nSPS) is 12.6. The monoisotopic (exact) mass is 519 g/mol. The summed E-state index contributed by atoms with van der Waals surface area (Å²) in [4.78, 5) is 25.0. The van der Waals surface area contributed by atoms with Crippen molar-refractivity contribution in [2.75, 3.05) is 12.0 Å². The molecule has 196 valence electrons. The summed E-state index contributed by atoms with van der Waals surface area (Å²) in [6.45, 7) is 4.60. The average Bonchev–Trinajstić information content (AvgIpc) is 2.91. The second kappa shape index (κ2) is 14.6. The SMILES string of the molecule is CCCCC(OCc1ccc(C(=O)NC(CCSC)C(=O)O)c(-c2ccccc2C)c1)c1ccccc1. The van der Waals surface area contributed by atoms with Gasteiger partial charge in [-0.3, -0.25) is 4.79 Å². The van der Waals surface area contributed by atoms with Crippen molar-refractivity contribution in [1.82, 2.24) is 5.32 Å². The highest BCUT2D eigenvalue weighted by molar-refractivity contribution is 7.98. The molecular weight excluding hydrogens is 482 g/mol. The predicted octanol–water partition coefficient (Wildman–Crippen LogP) is 7.05. The Hall–Kier alpha value is -3.09. The first-order valence-corrected chi connectivity index (χ1v) is 14.2. The van der Waals surface area contributed by atoms with E-state index >= 15 is 0 Å². The third-order valence-electron chi connectivity index (χ3n) is 6.42. The van der Waals surface area contributed by atoms with Crippen molar-refractivity contribution in [3.63, 3.8) is 0 Å². The number of unbranched alkanes of at least 4 members (excludes halogenated alkanes) is 1. The van der Waals surface area contributed by atoms with E-state index in [9.17, 15) is 14.7 Å². The van der Waals surface area contributed by atoms with Crippen LogP contribution in [0.5, 0.6) is 0 Å². The topological polar surface area (TPSA) is 75.6 Å². The quantitative estimate of drug-likeness (QED) is 0.239. The molecule has 0 fully saturated rings. The molecule has 3 aromatic rings. The highest BCUT2D eigenvalue weighted by Crippen LogP contribution is 2.30. The molecule has 2 unspecified atom stereocenters. The van der Waals surface area contributed by atoms with Gasteiger partial charge >= 0.3 is 5.97 Å². The number of benzene rings is 3. The Kier molecular flexibility index (Phi) is 11.2. The number of carbonyl (C=O) groups excluding carboxylic acids is 1. The lowest BCUT2D eigenvalue weighted by atomic mass is 9.93. The van der Waals surface area contributed by atoms with Gasteiger partial charge in [0.15, 0.2) is 0 Å². The summed E-state index contributed by atoms with van der Waals surface area (Å²) < 4.78 is 6.40. The smallest absolute Gasteiger partial charge is 0.326 e. The van der Waals surface area contributed by atoms with E-state index in [1.807, 2.05) is 67.8 Å². The fraction of sp³-hybridized carbons (Fsp3) is 0.355. The molecule has 2 N–H and O–H groups in total. The summed E-state index contributed by atoms with van der Waals surface area (Å²) in [6, 6.07) is 22.9. The van der Waals surface area contributed by atoms with Crippen molar-refractivity contribution in [3.8, 4) is 11.1 Å². The first kappa shape index (κ1) is 28.5.